The van der Waals surface area contributed by atoms with E-state index >= 15 is 0 Å². The van der Waals surface area contributed by atoms with Crippen LogP contribution in [0.15, 0.2) is 60.8 Å². The lowest BCUT2D eigenvalue weighted by molar-refractivity contribution is 0.0937. The summed E-state index contributed by atoms with van der Waals surface area (Å²) in [5.41, 5.74) is 1.52. The van der Waals surface area contributed by atoms with Crippen molar-refractivity contribution in [1.29, 1.82) is 0 Å². The van der Waals surface area contributed by atoms with Crippen LogP contribution in [0.4, 0.5) is 10.5 Å². The SMILES string of the molecule is Cc1nc(-c2ccc(N3CC(CN4CCN(S(=O)(=O)c5ccc(Br)c(Br)c5)CC4)OC3=O)cc2)no1. The van der Waals surface area contributed by atoms with Gasteiger partial charge < -0.3 is 9.26 Å². The van der Waals surface area contributed by atoms with E-state index in [0.29, 0.717) is 55.5 Å². The number of carbonyl (C=O) groups excluding carboxylic acids is 1. The van der Waals surface area contributed by atoms with Crippen LogP contribution in [-0.2, 0) is 14.8 Å². The van der Waals surface area contributed by atoms with E-state index in [2.05, 4.69) is 46.9 Å². The molecule has 2 aliphatic heterocycles. The molecule has 5 rings (SSSR count). The van der Waals surface area contributed by atoms with Crippen LogP contribution in [0.25, 0.3) is 11.4 Å². The van der Waals surface area contributed by atoms with Gasteiger partial charge in [0, 0.05) is 59.8 Å². The second-order valence-electron chi connectivity index (χ2n) is 8.58. The van der Waals surface area contributed by atoms with Gasteiger partial charge in [0.25, 0.3) is 0 Å². The summed E-state index contributed by atoms with van der Waals surface area (Å²) in [5, 5.41) is 3.91. The standard InChI is InChI=1S/C23H23Br2N5O5S/c1-15-26-22(27-35-15)16-2-4-17(5-3-16)30-14-18(34-23(30)31)13-28-8-10-29(11-9-28)36(32,33)19-6-7-20(24)21(25)12-19/h2-7,12,18H,8-11,13-14H2,1H3. The van der Waals surface area contributed by atoms with Gasteiger partial charge in [0.05, 0.1) is 11.4 Å². The summed E-state index contributed by atoms with van der Waals surface area (Å²) in [4.78, 5) is 20.7. The van der Waals surface area contributed by atoms with Crippen LogP contribution >= 0.6 is 31.9 Å². The molecule has 36 heavy (non-hydrogen) atoms. The van der Waals surface area contributed by atoms with Crippen LogP contribution in [0.3, 0.4) is 0 Å². The van der Waals surface area contributed by atoms with E-state index in [-0.39, 0.29) is 11.0 Å². The van der Waals surface area contributed by atoms with Gasteiger partial charge in [0.1, 0.15) is 6.10 Å². The fraction of sp³-hybridized carbons (Fsp3) is 0.348. The van der Waals surface area contributed by atoms with E-state index in [0.717, 1.165) is 15.7 Å². The quantitative estimate of drug-likeness (QED) is 0.399. The van der Waals surface area contributed by atoms with Crippen molar-refractivity contribution in [3.8, 4) is 11.4 Å². The normalized spacial score (nSPS) is 19.6. The van der Waals surface area contributed by atoms with Gasteiger partial charge in [-0.1, -0.05) is 5.16 Å². The van der Waals surface area contributed by atoms with Crippen molar-refractivity contribution in [3.63, 3.8) is 0 Å². The number of hydrogen-bond donors (Lipinski definition) is 0. The average molecular weight is 641 g/mol. The molecule has 0 bridgehead atoms. The number of aromatic nitrogens is 2. The maximum Gasteiger partial charge on any atom is 0.414 e. The van der Waals surface area contributed by atoms with Crippen molar-refractivity contribution in [3.05, 3.63) is 57.3 Å². The van der Waals surface area contributed by atoms with Crippen LogP contribution in [0.5, 0.6) is 0 Å². The third kappa shape index (κ3) is 5.21. The zero-order chi connectivity index (χ0) is 25.4. The minimum absolute atomic E-state index is 0.256. The van der Waals surface area contributed by atoms with E-state index < -0.39 is 16.1 Å². The summed E-state index contributed by atoms with van der Waals surface area (Å²) in [5.74, 6) is 0.981. The number of amides is 1. The van der Waals surface area contributed by atoms with Gasteiger partial charge >= 0.3 is 6.09 Å². The van der Waals surface area contributed by atoms with Crippen LogP contribution in [0.1, 0.15) is 5.89 Å². The van der Waals surface area contributed by atoms with Gasteiger partial charge in [0.15, 0.2) is 0 Å². The number of cyclic esters (lactones) is 1. The number of anilines is 1. The van der Waals surface area contributed by atoms with Crippen molar-refractivity contribution in [2.75, 3.05) is 44.2 Å². The van der Waals surface area contributed by atoms with E-state index in [1.54, 1.807) is 30.0 Å². The summed E-state index contributed by atoms with van der Waals surface area (Å²) in [7, 11) is -3.58. The van der Waals surface area contributed by atoms with Crippen molar-refractivity contribution in [2.45, 2.75) is 17.9 Å². The minimum atomic E-state index is -3.58. The number of aryl methyl sites for hydroxylation is 1. The maximum atomic E-state index is 13.0. The fourth-order valence-corrected chi connectivity index (χ4v) is 6.49. The first-order valence-corrected chi connectivity index (χ1v) is 14.3. The predicted octanol–water partition coefficient (Wildman–Crippen LogP) is 3.90. The Morgan fingerprint density at radius 2 is 1.75 bits per heavy atom. The molecule has 2 aromatic carbocycles. The molecule has 13 heteroatoms. The highest BCUT2D eigenvalue weighted by Gasteiger charge is 2.35. The average Bonchev–Trinajstić information content (AvgIpc) is 3.46. The summed E-state index contributed by atoms with van der Waals surface area (Å²) < 4.78 is 39.7. The molecule has 0 radical (unpaired) electrons. The topological polar surface area (TPSA) is 109 Å². The molecule has 2 aliphatic rings. The molecule has 3 aromatic rings. The van der Waals surface area contributed by atoms with E-state index in [1.807, 2.05) is 24.3 Å². The van der Waals surface area contributed by atoms with Crippen LogP contribution < -0.4 is 4.90 Å². The number of rotatable bonds is 6. The molecule has 0 N–H and O–H groups in total. The summed E-state index contributed by atoms with van der Waals surface area (Å²) in [6.07, 6.45) is -0.701. The van der Waals surface area contributed by atoms with Crippen LogP contribution in [0.2, 0.25) is 0 Å². The Bertz CT molecular complexity index is 1370. The van der Waals surface area contributed by atoms with Gasteiger partial charge in [-0.05, 0) is 74.3 Å². The molecule has 0 saturated carbocycles. The highest BCUT2D eigenvalue weighted by Crippen LogP contribution is 2.28. The molecular weight excluding hydrogens is 618 g/mol. The van der Waals surface area contributed by atoms with Crippen molar-refractivity contribution >= 4 is 53.7 Å². The van der Waals surface area contributed by atoms with Gasteiger partial charge in [-0.15, -0.1) is 0 Å². The number of halogens is 2. The third-order valence-corrected chi connectivity index (χ3v) is 9.94. The first kappa shape index (κ1) is 25.3. The molecular formula is C23H23Br2N5O5S. The Kier molecular flexibility index (Phi) is 7.18. The van der Waals surface area contributed by atoms with E-state index in [9.17, 15) is 13.2 Å². The number of carbonyl (C=O) groups is 1. The third-order valence-electron chi connectivity index (χ3n) is 6.16. The summed E-state index contributed by atoms with van der Waals surface area (Å²) in [6, 6.07) is 12.2. The summed E-state index contributed by atoms with van der Waals surface area (Å²) in [6.45, 7) is 4.55. The number of piperazine rings is 1. The first-order chi connectivity index (χ1) is 17.2. The van der Waals surface area contributed by atoms with Crippen molar-refractivity contribution in [2.24, 2.45) is 0 Å². The molecule has 1 amide bonds. The number of nitrogens with zero attached hydrogens (tertiary/aromatic N) is 5. The highest BCUT2D eigenvalue weighted by molar-refractivity contribution is 9.13. The monoisotopic (exact) mass is 639 g/mol. The van der Waals surface area contributed by atoms with Gasteiger partial charge in [-0.2, -0.15) is 9.29 Å². The Morgan fingerprint density at radius 1 is 1.03 bits per heavy atom. The van der Waals surface area contributed by atoms with Gasteiger partial charge in [-0.3, -0.25) is 9.80 Å². The smallest absolute Gasteiger partial charge is 0.414 e. The Balaban J connectivity index is 1.16. The highest BCUT2D eigenvalue weighted by atomic mass is 79.9. The molecule has 1 aromatic heterocycles. The van der Waals surface area contributed by atoms with Crippen LogP contribution in [-0.4, -0.2) is 79.2 Å². The number of hydrogen-bond acceptors (Lipinski definition) is 8. The van der Waals surface area contributed by atoms with E-state index in [4.69, 9.17) is 9.26 Å². The zero-order valence-corrected chi connectivity index (χ0v) is 23.3. The zero-order valence-electron chi connectivity index (χ0n) is 19.3. The Morgan fingerprint density at radius 3 is 2.39 bits per heavy atom. The van der Waals surface area contributed by atoms with E-state index in [1.165, 1.54) is 4.31 Å². The van der Waals surface area contributed by atoms with Gasteiger partial charge in [-0.25, -0.2) is 13.2 Å². The molecule has 2 saturated heterocycles. The molecule has 190 valence electrons. The molecule has 3 heterocycles. The van der Waals surface area contributed by atoms with Gasteiger partial charge in [0.2, 0.25) is 21.7 Å². The molecule has 0 aliphatic carbocycles. The lowest BCUT2D eigenvalue weighted by Crippen LogP contribution is -2.50. The molecule has 1 unspecified atom stereocenters. The molecule has 2 fully saturated rings. The number of sulfonamides is 1. The maximum absolute atomic E-state index is 13.0. The number of benzene rings is 2. The first-order valence-electron chi connectivity index (χ1n) is 11.3. The minimum Gasteiger partial charge on any atom is -0.443 e. The largest absolute Gasteiger partial charge is 0.443 e. The second-order valence-corrected chi connectivity index (χ2v) is 12.2. The molecule has 10 nitrogen and oxygen atoms in total. The lowest BCUT2D eigenvalue weighted by Gasteiger charge is -2.34. The molecule has 1 atom stereocenters. The predicted molar refractivity (Wildman–Crippen MR) is 139 cm³/mol. The Hall–Kier alpha value is -2.32. The van der Waals surface area contributed by atoms with Crippen molar-refractivity contribution < 1.29 is 22.5 Å². The lowest BCUT2D eigenvalue weighted by atomic mass is 10.2. The van der Waals surface area contributed by atoms with Crippen LogP contribution in [0, 0.1) is 6.92 Å². The van der Waals surface area contributed by atoms with Crippen molar-refractivity contribution in [1.82, 2.24) is 19.3 Å². The second kappa shape index (κ2) is 10.2. The summed E-state index contributed by atoms with van der Waals surface area (Å²) >= 11 is 6.74. The number of ether oxygens (including phenoxy) is 1. The fourth-order valence-electron chi connectivity index (χ4n) is 4.26. The Labute approximate surface area is 225 Å². The molecule has 0 spiro atoms.